The Morgan fingerprint density at radius 1 is 0.469 bits per heavy atom. The van der Waals surface area contributed by atoms with Crippen molar-refractivity contribution in [3.8, 4) is 11.1 Å². The molecule has 0 unspecified atom stereocenters. The molecule has 0 radical (unpaired) electrons. The lowest BCUT2D eigenvalue weighted by molar-refractivity contribution is 0.724. The number of hydrogen-bond donors (Lipinski definition) is 0. The molecule has 4 aromatic carbocycles. The fourth-order valence-corrected chi connectivity index (χ4v) is 5.39. The monoisotopic (exact) mass is 416 g/mol. The van der Waals surface area contributed by atoms with Gasteiger partial charge in [0.2, 0.25) is 0 Å². The molecule has 158 valence electrons. The van der Waals surface area contributed by atoms with Crippen LogP contribution < -0.4 is 0 Å². The van der Waals surface area contributed by atoms with Gasteiger partial charge in [-0.1, -0.05) is 74.5 Å². The number of nitrogens with zero attached hydrogens (tertiary/aromatic N) is 2. The standard InChI is InChI=1S/C30H28N2/c1-3-17-31-27-11-7-5-9-23(27)25-15-13-21(19-29(25)31)22-14-16-26-24-10-6-8-12-28(24)32(18-4-2)30(26)20-22/h5-16,19-20H,3-4,17-18H2,1-2H3. The number of fused-ring (bicyclic) bond motifs is 6. The van der Waals surface area contributed by atoms with Gasteiger partial charge in [0.25, 0.3) is 0 Å². The van der Waals surface area contributed by atoms with Crippen LogP contribution in [0.15, 0.2) is 84.9 Å². The van der Waals surface area contributed by atoms with Crippen molar-refractivity contribution < 1.29 is 0 Å². The van der Waals surface area contributed by atoms with Gasteiger partial charge in [0.1, 0.15) is 0 Å². The smallest absolute Gasteiger partial charge is 0.0497 e. The maximum absolute atomic E-state index is 2.49. The minimum absolute atomic E-state index is 1.04. The van der Waals surface area contributed by atoms with Crippen LogP contribution in [0.1, 0.15) is 26.7 Å². The highest BCUT2D eigenvalue weighted by molar-refractivity contribution is 6.11. The Labute approximate surface area is 188 Å². The first kappa shape index (κ1) is 19.2. The van der Waals surface area contributed by atoms with Crippen molar-refractivity contribution in [3.63, 3.8) is 0 Å². The van der Waals surface area contributed by atoms with Crippen molar-refractivity contribution in [1.29, 1.82) is 0 Å². The summed E-state index contributed by atoms with van der Waals surface area (Å²) < 4.78 is 4.97. The van der Waals surface area contributed by atoms with Crippen LogP contribution in [-0.4, -0.2) is 9.13 Å². The van der Waals surface area contributed by atoms with Gasteiger partial charge in [-0.05, 0) is 48.2 Å². The van der Waals surface area contributed by atoms with Gasteiger partial charge < -0.3 is 9.13 Å². The number of para-hydroxylation sites is 2. The zero-order valence-corrected chi connectivity index (χ0v) is 18.8. The van der Waals surface area contributed by atoms with Gasteiger partial charge >= 0.3 is 0 Å². The lowest BCUT2D eigenvalue weighted by Gasteiger charge is -2.09. The second-order valence-electron chi connectivity index (χ2n) is 8.80. The largest absolute Gasteiger partial charge is 0.340 e. The minimum Gasteiger partial charge on any atom is -0.340 e. The molecule has 0 amide bonds. The van der Waals surface area contributed by atoms with Crippen LogP contribution in [0, 0.1) is 0 Å². The Morgan fingerprint density at radius 2 is 0.875 bits per heavy atom. The van der Waals surface area contributed by atoms with Gasteiger partial charge in [0, 0.05) is 56.7 Å². The van der Waals surface area contributed by atoms with Crippen LogP contribution in [0.25, 0.3) is 54.7 Å². The van der Waals surface area contributed by atoms with E-state index in [4.69, 9.17) is 0 Å². The fourth-order valence-electron chi connectivity index (χ4n) is 5.39. The summed E-state index contributed by atoms with van der Waals surface area (Å²) in [6.45, 7) is 6.59. The van der Waals surface area contributed by atoms with Crippen molar-refractivity contribution in [2.24, 2.45) is 0 Å². The molecule has 0 bridgehead atoms. The third kappa shape index (κ3) is 2.79. The van der Waals surface area contributed by atoms with E-state index in [9.17, 15) is 0 Å². The van der Waals surface area contributed by atoms with Crippen molar-refractivity contribution in [2.45, 2.75) is 39.8 Å². The molecular formula is C30H28N2. The van der Waals surface area contributed by atoms with Gasteiger partial charge in [-0.3, -0.25) is 0 Å². The van der Waals surface area contributed by atoms with Crippen LogP contribution in [0.3, 0.4) is 0 Å². The number of benzene rings is 4. The van der Waals surface area contributed by atoms with E-state index in [1.807, 2.05) is 0 Å². The van der Waals surface area contributed by atoms with Gasteiger partial charge in [0.05, 0.1) is 0 Å². The Morgan fingerprint density at radius 3 is 1.31 bits per heavy atom. The molecule has 0 atom stereocenters. The molecule has 0 N–H and O–H groups in total. The third-order valence-corrected chi connectivity index (χ3v) is 6.77. The van der Waals surface area contributed by atoms with Gasteiger partial charge in [0.15, 0.2) is 0 Å². The molecule has 0 aliphatic carbocycles. The molecule has 0 saturated heterocycles. The van der Waals surface area contributed by atoms with E-state index in [1.165, 1.54) is 54.7 Å². The zero-order valence-electron chi connectivity index (χ0n) is 18.8. The second-order valence-corrected chi connectivity index (χ2v) is 8.80. The summed E-state index contributed by atoms with van der Waals surface area (Å²) >= 11 is 0. The molecule has 32 heavy (non-hydrogen) atoms. The van der Waals surface area contributed by atoms with E-state index >= 15 is 0 Å². The number of hydrogen-bond acceptors (Lipinski definition) is 0. The van der Waals surface area contributed by atoms with Gasteiger partial charge in [-0.15, -0.1) is 0 Å². The van der Waals surface area contributed by atoms with E-state index in [-0.39, 0.29) is 0 Å². The number of rotatable bonds is 5. The first-order valence-electron chi connectivity index (χ1n) is 11.8. The van der Waals surface area contributed by atoms with E-state index in [0.29, 0.717) is 0 Å². The lowest BCUT2D eigenvalue weighted by Crippen LogP contribution is -1.96. The summed E-state index contributed by atoms with van der Waals surface area (Å²) in [5.74, 6) is 0. The predicted octanol–water partition coefficient (Wildman–Crippen LogP) is 8.39. The Balaban J connectivity index is 1.59. The average Bonchev–Trinajstić information content (AvgIpc) is 3.32. The summed E-state index contributed by atoms with van der Waals surface area (Å²) in [5, 5.41) is 5.39. The van der Waals surface area contributed by atoms with Crippen LogP contribution in [0.2, 0.25) is 0 Å². The summed E-state index contributed by atoms with van der Waals surface area (Å²) in [6, 6.07) is 31.6. The highest BCUT2D eigenvalue weighted by Crippen LogP contribution is 2.36. The van der Waals surface area contributed by atoms with Crippen LogP contribution in [0.4, 0.5) is 0 Å². The second kappa shape index (κ2) is 7.56. The fraction of sp³-hybridized carbons (Fsp3) is 0.200. The normalized spacial score (nSPS) is 11.9. The zero-order chi connectivity index (χ0) is 21.7. The number of aromatic nitrogens is 2. The maximum Gasteiger partial charge on any atom is 0.0497 e. The molecular weight excluding hydrogens is 388 g/mol. The molecule has 0 aliphatic heterocycles. The molecule has 2 aromatic heterocycles. The molecule has 6 rings (SSSR count). The third-order valence-electron chi connectivity index (χ3n) is 6.77. The molecule has 0 aliphatic rings. The van der Waals surface area contributed by atoms with Crippen molar-refractivity contribution >= 4 is 43.6 Å². The predicted molar refractivity (Wildman–Crippen MR) is 138 cm³/mol. The summed E-state index contributed by atoms with van der Waals surface area (Å²) in [6.07, 6.45) is 2.25. The summed E-state index contributed by atoms with van der Waals surface area (Å²) in [5.41, 5.74) is 7.90. The molecule has 0 saturated carbocycles. The number of aryl methyl sites for hydroxylation is 2. The molecule has 2 heterocycles. The molecule has 6 aromatic rings. The van der Waals surface area contributed by atoms with Gasteiger partial charge in [-0.25, -0.2) is 0 Å². The topological polar surface area (TPSA) is 9.86 Å². The van der Waals surface area contributed by atoms with E-state index in [0.717, 1.165) is 25.9 Å². The van der Waals surface area contributed by atoms with E-state index in [1.54, 1.807) is 0 Å². The first-order chi connectivity index (χ1) is 15.8. The Hall–Kier alpha value is -3.52. The first-order valence-corrected chi connectivity index (χ1v) is 11.8. The van der Waals surface area contributed by atoms with Crippen molar-refractivity contribution in [3.05, 3.63) is 84.9 Å². The summed E-state index contributed by atoms with van der Waals surface area (Å²) in [4.78, 5) is 0. The average molecular weight is 417 g/mol. The van der Waals surface area contributed by atoms with Crippen LogP contribution in [0.5, 0.6) is 0 Å². The Kier molecular flexibility index (Phi) is 4.53. The SMILES string of the molecule is CCCn1c2ccccc2c2ccc(-c3ccc4c5ccccc5n(CCC)c4c3)cc21. The van der Waals surface area contributed by atoms with E-state index in [2.05, 4.69) is 108 Å². The Bertz CT molecular complexity index is 1470. The highest BCUT2D eigenvalue weighted by atomic mass is 15.0. The van der Waals surface area contributed by atoms with Crippen molar-refractivity contribution in [2.75, 3.05) is 0 Å². The van der Waals surface area contributed by atoms with Gasteiger partial charge in [-0.2, -0.15) is 0 Å². The summed E-state index contributed by atoms with van der Waals surface area (Å²) in [7, 11) is 0. The lowest BCUT2D eigenvalue weighted by atomic mass is 10.0. The quantitative estimate of drug-likeness (QED) is 0.267. The molecule has 2 heteroatoms. The molecule has 2 nitrogen and oxygen atoms in total. The highest BCUT2D eigenvalue weighted by Gasteiger charge is 2.13. The molecule has 0 fully saturated rings. The minimum atomic E-state index is 1.04. The van der Waals surface area contributed by atoms with E-state index < -0.39 is 0 Å². The maximum atomic E-state index is 2.49. The van der Waals surface area contributed by atoms with Crippen molar-refractivity contribution in [1.82, 2.24) is 9.13 Å². The van der Waals surface area contributed by atoms with Crippen LogP contribution >= 0.6 is 0 Å². The molecule has 0 spiro atoms. The van der Waals surface area contributed by atoms with Crippen LogP contribution in [-0.2, 0) is 13.1 Å².